The third-order valence-corrected chi connectivity index (χ3v) is 9.83. The molecule has 6 N–H and O–H groups in total. The van der Waals surface area contributed by atoms with E-state index < -0.39 is 96.4 Å². The first kappa shape index (κ1) is 82.1. The van der Waals surface area contributed by atoms with Gasteiger partial charge < -0.3 is 54.7 Å². The van der Waals surface area contributed by atoms with Crippen LogP contribution in [-0.2, 0) is 52.6 Å². The summed E-state index contributed by atoms with van der Waals surface area (Å²) in [5, 5.41) is 47.2. The molecule has 2 saturated carbocycles. The lowest BCUT2D eigenvalue weighted by atomic mass is 9.63. The van der Waals surface area contributed by atoms with Crippen molar-refractivity contribution in [3.05, 3.63) is 0 Å². The number of hydrogen-bond donors (Lipinski definition) is 6. The van der Waals surface area contributed by atoms with E-state index >= 15 is 0 Å². The van der Waals surface area contributed by atoms with Crippen LogP contribution < -0.4 is 10.6 Å². The number of nitriles is 1. The second-order valence-electron chi connectivity index (χ2n) is 18.9. The maximum atomic E-state index is 12.0. The van der Waals surface area contributed by atoms with Crippen molar-refractivity contribution in [2.24, 2.45) is 26.7 Å². The summed E-state index contributed by atoms with van der Waals surface area (Å²) < 4.78 is 215. The number of isocyanates is 1. The minimum atomic E-state index is -6.04. The number of aliphatic hydroxyl groups excluding tert-OH is 4. The standard InChI is InChI=1S/C14H23FN2O3.C13H21FN2O3.C5H11FO3.C4H2F8O3.C4H9FO3.C3H4F4O2/c1-13(2)6-11(20-10-16)7-14(3,8-13)9-17-12(18)19-5-4-15;1-12(2)4-10(16-9-17)5-13(3,6-12)7-15-11(18)19-8-14;6-1-2-9-4-5(8)3-7;5-1-13-4(10,11)14-2(6,7)3(8,9)15-12;5-3-8-2-4(7)1-6;4-2-8-3(5,6)1-9-7/h11H,4-9H2,1-3H3,(H,17,18);10H,4-8H2,1-3H3,(H,15,18);5,7-8H,1-4H2;1H2;4,6-7H,1-3H2;1-2H2. The molecule has 2 rings (SSSR count). The van der Waals surface area contributed by atoms with Gasteiger partial charge in [0.25, 0.3) is 6.26 Å². The molecule has 37 heteroatoms. The zero-order chi connectivity index (χ0) is 62.9. The minimum absolute atomic E-state index is 0.000417. The molecule has 6 unspecified atom stereocenters. The molecular weight excluding hydrogens is 1150 g/mol. The van der Waals surface area contributed by atoms with Crippen LogP contribution in [0.4, 0.5) is 80.1 Å². The van der Waals surface area contributed by atoms with E-state index in [-0.39, 0.29) is 73.4 Å². The molecule has 6 atom stereocenters. The number of carbonyl (C=O) groups is 2. The van der Waals surface area contributed by atoms with Gasteiger partial charge in [-0.2, -0.15) is 36.5 Å². The lowest BCUT2D eigenvalue weighted by molar-refractivity contribution is -0.548. The Kier molecular flexibility index (Phi) is 43.6. The molecule has 2 amide bonds. The van der Waals surface area contributed by atoms with Crippen LogP contribution in [0.2, 0.25) is 0 Å². The number of nitrogens with zero attached hydrogens (tertiary/aromatic N) is 2. The predicted octanol–water partition coefficient (Wildman–Crippen LogP) is 7.94. The van der Waals surface area contributed by atoms with Gasteiger partial charge in [0.2, 0.25) is 12.9 Å². The monoisotopic (exact) mass is 1220 g/mol. The van der Waals surface area contributed by atoms with Gasteiger partial charge in [0, 0.05) is 13.1 Å². The average Bonchev–Trinajstić information content (AvgIpc) is 3.33. The van der Waals surface area contributed by atoms with Gasteiger partial charge in [-0.1, -0.05) is 41.5 Å². The first-order valence-electron chi connectivity index (χ1n) is 23.0. The Bertz CT molecular complexity index is 1710. The topological polar surface area (TPSA) is 285 Å². The molecule has 0 radical (unpaired) electrons. The molecule has 0 aliphatic heterocycles. The summed E-state index contributed by atoms with van der Waals surface area (Å²) in [4.78, 5) is 40.7. The Morgan fingerprint density at radius 3 is 1.59 bits per heavy atom. The normalized spacial score (nSPS) is 21.0. The highest BCUT2D eigenvalue weighted by atomic mass is 19.4. The Morgan fingerprint density at radius 1 is 0.675 bits per heavy atom. The number of aliphatic hydroxyl groups is 4. The van der Waals surface area contributed by atoms with E-state index in [4.69, 9.17) is 30.4 Å². The molecule has 2 aliphatic carbocycles. The van der Waals surface area contributed by atoms with E-state index in [1.807, 2.05) is 6.92 Å². The molecule has 80 heavy (non-hydrogen) atoms. The molecule has 0 spiro atoms. The number of nitrogens with one attached hydrogen (secondary N) is 2. The fraction of sp³-hybridized carbons (Fsp3) is 0.907. The van der Waals surface area contributed by atoms with Crippen molar-refractivity contribution >= 4 is 18.3 Å². The fourth-order valence-electron chi connectivity index (χ4n) is 7.65. The number of alkyl halides is 14. The van der Waals surface area contributed by atoms with Crippen LogP contribution in [0, 0.1) is 33.2 Å². The Morgan fingerprint density at radius 2 is 1.16 bits per heavy atom. The summed E-state index contributed by atoms with van der Waals surface area (Å²) in [7, 11) is 0. The first-order valence-corrected chi connectivity index (χ1v) is 23.0. The number of halogens is 16. The van der Waals surface area contributed by atoms with Crippen molar-refractivity contribution < 1.29 is 153 Å². The van der Waals surface area contributed by atoms with Crippen LogP contribution in [-0.4, -0.2) is 188 Å². The molecule has 2 aliphatic rings. The van der Waals surface area contributed by atoms with E-state index in [0.717, 1.165) is 25.7 Å². The fourth-order valence-corrected chi connectivity index (χ4v) is 7.65. The van der Waals surface area contributed by atoms with Gasteiger partial charge in [0.05, 0.1) is 39.1 Å². The van der Waals surface area contributed by atoms with Crippen LogP contribution in [0.15, 0.2) is 4.99 Å². The zero-order valence-electron chi connectivity index (χ0n) is 44.2. The highest BCUT2D eigenvalue weighted by Crippen LogP contribution is 2.48. The largest absolute Gasteiger partial charge is 0.492 e. The molecule has 476 valence electrons. The van der Waals surface area contributed by atoms with Gasteiger partial charge in [-0.25, -0.2) is 50.5 Å². The van der Waals surface area contributed by atoms with E-state index in [2.05, 4.69) is 88.3 Å². The predicted molar refractivity (Wildman–Crippen MR) is 239 cm³/mol. The third-order valence-electron chi connectivity index (χ3n) is 9.83. The molecule has 0 aromatic rings. The van der Waals surface area contributed by atoms with Crippen molar-refractivity contribution in [2.75, 3.05) is 100 Å². The van der Waals surface area contributed by atoms with Crippen molar-refractivity contribution in [1.29, 1.82) is 5.26 Å². The average molecular weight is 1220 g/mol. The van der Waals surface area contributed by atoms with Crippen molar-refractivity contribution in [2.45, 2.75) is 129 Å². The summed E-state index contributed by atoms with van der Waals surface area (Å²) in [5.41, 5.74) is -0.289. The maximum absolute atomic E-state index is 12.0. The van der Waals surface area contributed by atoms with Gasteiger partial charge >= 0.3 is 36.8 Å². The Labute approximate surface area is 449 Å². The van der Waals surface area contributed by atoms with Gasteiger partial charge in [0.15, 0.2) is 27.2 Å². The summed E-state index contributed by atoms with van der Waals surface area (Å²) in [6.45, 7) is 3.38. The minimum Gasteiger partial charge on any atom is -0.447 e. The van der Waals surface area contributed by atoms with Gasteiger partial charge in [-0.05, 0) is 69.2 Å². The summed E-state index contributed by atoms with van der Waals surface area (Å²) in [6.07, 6.45) is -16.4. The van der Waals surface area contributed by atoms with E-state index in [9.17, 15) is 84.9 Å². The smallest absolute Gasteiger partial charge is 0.447 e. The highest BCUT2D eigenvalue weighted by Gasteiger charge is 2.66. The second-order valence-corrected chi connectivity index (χ2v) is 18.9. The number of amides is 2. The molecule has 0 bridgehead atoms. The number of carbonyl (C=O) groups excluding carboxylic acids is 3. The Balaban J connectivity index is -0.000000449. The van der Waals surface area contributed by atoms with Crippen LogP contribution in [0.1, 0.15) is 80.1 Å². The molecular formula is C43H70F16N4O17. The van der Waals surface area contributed by atoms with Crippen LogP contribution in [0.3, 0.4) is 0 Å². The third kappa shape index (κ3) is 42.5. The SMILES string of the molecule is CC1(C)CC(N=C=O)CC(C)(CNC(=O)OCF)C1.CC1(C)CC(OC#N)CC(C)(CNC(=O)OCCF)C1.FCOC(F)(F)COF.FCOC(F)(F)OC(F)(F)C(F)(F)OF.OCC(O)COCCF.OCC(O)COCF. The molecule has 0 aromatic carbocycles. The van der Waals surface area contributed by atoms with Crippen LogP contribution in [0.5, 0.6) is 0 Å². The summed E-state index contributed by atoms with van der Waals surface area (Å²) >= 11 is 0. The highest BCUT2D eigenvalue weighted by molar-refractivity contribution is 5.67. The zero-order valence-corrected chi connectivity index (χ0v) is 44.2. The second kappa shape index (κ2) is 42.5. The van der Waals surface area contributed by atoms with Crippen molar-refractivity contribution in [1.82, 2.24) is 10.6 Å². The van der Waals surface area contributed by atoms with Crippen LogP contribution in [0.25, 0.3) is 0 Å². The molecule has 0 saturated heterocycles. The summed E-state index contributed by atoms with van der Waals surface area (Å²) in [5.74, 6) is 0. The lowest BCUT2D eigenvalue weighted by Crippen LogP contribution is -2.48. The van der Waals surface area contributed by atoms with Gasteiger partial charge in [0.1, 0.15) is 38.3 Å². The molecule has 0 heterocycles. The first-order chi connectivity index (χ1) is 36.9. The van der Waals surface area contributed by atoms with E-state index in [1.165, 1.54) is 4.94 Å². The molecule has 2 fully saturated rings. The molecule has 21 nitrogen and oxygen atoms in total. The number of alkyl carbamates (subject to hydrolysis) is 2. The van der Waals surface area contributed by atoms with Crippen molar-refractivity contribution in [3.8, 4) is 6.26 Å². The number of rotatable bonds is 28. The van der Waals surface area contributed by atoms with E-state index in [1.54, 1.807) is 12.3 Å². The lowest BCUT2D eigenvalue weighted by Gasteiger charge is -2.45. The van der Waals surface area contributed by atoms with E-state index in [0.29, 0.717) is 25.9 Å². The number of hydrogen-bond acceptors (Lipinski definition) is 19. The summed E-state index contributed by atoms with van der Waals surface area (Å²) in [6, 6.07) is -0.0785. The van der Waals surface area contributed by atoms with Gasteiger partial charge in [-0.3, -0.25) is 9.47 Å². The van der Waals surface area contributed by atoms with Gasteiger partial charge in [-0.15, -0.1) is 13.7 Å². The molecule has 0 aromatic heterocycles. The number of aliphatic imine (C=N–C) groups is 1. The maximum Gasteiger partial charge on any atom is 0.492 e. The number of ether oxygens (including phenoxy) is 8. The van der Waals surface area contributed by atoms with Crippen LogP contribution >= 0.6 is 0 Å². The van der Waals surface area contributed by atoms with Crippen molar-refractivity contribution in [3.63, 3.8) is 0 Å². The Hall–Kier alpha value is -4.35. The quantitative estimate of drug-likeness (QED) is 0.0108.